The molecule has 5 heteroatoms. The van der Waals surface area contributed by atoms with Crippen LogP contribution in [0.25, 0.3) is 0 Å². The summed E-state index contributed by atoms with van der Waals surface area (Å²) in [4.78, 5) is 14.0. The van der Waals surface area contributed by atoms with Crippen LogP contribution < -0.4 is 4.90 Å². The van der Waals surface area contributed by atoms with E-state index in [-0.39, 0.29) is 17.6 Å². The molecule has 0 radical (unpaired) electrons. The van der Waals surface area contributed by atoms with Crippen molar-refractivity contribution < 1.29 is 13.2 Å². The molecule has 0 saturated heterocycles. The third kappa shape index (κ3) is 3.10. The lowest BCUT2D eigenvalue weighted by Gasteiger charge is -2.29. The van der Waals surface area contributed by atoms with E-state index in [4.69, 9.17) is 0 Å². The number of anilines is 1. The van der Waals surface area contributed by atoms with E-state index in [0.29, 0.717) is 0 Å². The Hall–Kier alpha value is -1.62. The van der Waals surface area contributed by atoms with Gasteiger partial charge in [0.25, 0.3) is 0 Å². The quantitative estimate of drug-likeness (QED) is 0.859. The summed E-state index contributed by atoms with van der Waals surface area (Å²) in [6, 6.07) is 7.13. The molecule has 0 spiro atoms. The van der Waals surface area contributed by atoms with Gasteiger partial charge < -0.3 is 4.90 Å². The van der Waals surface area contributed by atoms with Crippen molar-refractivity contribution in [3.8, 4) is 0 Å². The van der Waals surface area contributed by atoms with Crippen LogP contribution in [-0.2, 0) is 14.6 Å². The lowest BCUT2D eigenvalue weighted by molar-refractivity contribution is -0.121. The average Bonchev–Trinajstić information content (AvgIpc) is 2.72. The molecule has 1 heterocycles. The maximum Gasteiger partial charge on any atom is 0.230 e. The van der Waals surface area contributed by atoms with Crippen LogP contribution in [0.2, 0.25) is 0 Å². The van der Waals surface area contributed by atoms with Gasteiger partial charge in [-0.05, 0) is 25.1 Å². The first-order valence-electron chi connectivity index (χ1n) is 6.61. The Bertz CT molecular complexity index is 630. The van der Waals surface area contributed by atoms with Gasteiger partial charge in [-0.25, -0.2) is 8.42 Å². The Morgan fingerprint density at radius 1 is 1.25 bits per heavy atom. The van der Waals surface area contributed by atoms with E-state index in [2.05, 4.69) is 0 Å². The van der Waals surface area contributed by atoms with Gasteiger partial charge in [-0.3, -0.25) is 4.79 Å². The lowest BCUT2D eigenvalue weighted by Crippen LogP contribution is -2.43. The lowest BCUT2D eigenvalue weighted by atomic mass is 10.1. The fourth-order valence-electron chi connectivity index (χ4n) is 2.19. The Morgan fingerprint density at radius 3 is 2.30 bits per heavy atom. The maximum atomic E-state index is 12.4. The Labute approximate surface area is 120 Å². The second-order valence-electron chi connectivity index (χ2n) is 5.42. The van der Waals surface area contributed by atoms with Gasteiger partial charge in [-0.1, -0.05) is 31.5 Å². The number of sulfone groups is 1. The van der Waals surface area contributed by atoms with Gasteiger partial charge in [0.15, 0.2) is 9.84 Å². The van der Waals surface area contributed by atoms with E-state index in [1.807, 2.05) is 45.0 Å². The van der Waals surface area contributed by atoms with Gasteiger partial charge in [0, 0.05) is 17.0 Å². The number of hydrogen-bond acceptors (Lipinski definition) is 3. The summed E-state index contributed by atoms with van der Waals surface area (Å²) >= 11 is 0. The number of carbonyl (C=O) groups excluding carboxylic acids is 1. The third-order valence-electron chi connectivity index (χ3n) is 3.29. The van der Waals surface area contributed by atoms with Crippen molar-refractivity contribution in [2.24, 2.45) is 5.92 Å². The highest BCUT2D eigenvalue weighted by molar-refractivity contribution is 7.94. The van der Waals surface area contributed by atoms with Gasteiger partial charge in [-0.15, -0.1) is 0 Å². The molecule has 0 aromatic heterocycles. The maximum absolute atomic E-state index is 12.4. The van der Waals surface area contributed by atoms with Crippen LogP contribution in [0, 0.1) is 12.8 Å². The average molecular weight is 293 g/mol. The Balaban J connectivity index is 2.38. The van der Waals surface area contributed by atoms with Crippen molar-refractivity contribution in [3.63, 3.8) is 0 Å². The highest BCUT2D eigenvalue weighted by Gasteiger charge is 2.32. The standard InChI is InChI=1S/C15H19NO3S/c1-11(2)15(17)16(13-6-4-12(3)5-7-13)14-8-9-20(18,19)10-14/h4-9,11,14H,10H2,1-3H3/t14-/m0/s1. The SMILES string of the molecule is Cc1ccc(N(C(=O)C(C)C)[C@H]2C=CS(=O)(=O)C2)cc1. The molecule has 2 rings (SSSR count). The molecule has 1 aromatic rings. The predicted octanol–water partition coefficient (Wildman–Crippen LogP) is 2.29. The predicted molar refractivity (Wildman–Crippen MR) is 80.2 cm³/mol. The Morgan fingerprint density at radius 2 is 1.85 bits per heavy atom. The number of carbonyl (C=O) groups is 1. The summed E-state index contributed by atoms with van der Waals surface area (Å²) in [5.74, 6) is -0.298. The molecule has 0 unspecified atom stereocenters. The van der Waals surface area contributed by atoms with Crippen LogP contribution in [0.1, 0.15) is 19.4 Å². The smallest absolute Gasteiger partial charge is 0.230 e. The zero-order valence-electron chi connectivity index (χ0n) is 11.9. The first-order chi connectivity index (χ1) is 9.30. The molecule has 0 N–H and O–H groups in total. The number of amides is 1. The van der Waals surface area contributed by atoms with E-state index >= 15 is 0 Å². The molecular weight excluding hydrogens is 274 g/mol. The van der Waals surface area contributed by atoms with E-state index in [1.54, 1.807) is 11.0 Å². The molecule has 1 aromatic carbocycles. The van der Waals surface area contributed by atoms with Gasteiger partial charge in [0.05, 0.1) is 11.8 Å². The normalized spacial score (nSPS) is 20.3. The van der Waals surface area contributed by atoms with Crippen LogP contribution in [0.5, 0.6) is 0 Å². The molecule has 1 amide bonds. The summed E-state index contributed by atoms with van der Waals surface area (Å²) in [6.45, 7) is 5.60. The van der Waals surface area contributed by atoms with Crippen molar-refractivity contribution in [1.29, 1.82) is 0 Å². The molecule has 20 heavy (non-hydrogen) atoms. The first kappa shape index (κ1) is 14.8. The van der Waals surface area contributed by atoms with E-state index in [0.717, 1.165) is 11.3 Å². The first-order valence-corrected chi connectivity index (χ1v) is 8.32. The third-order valence-corrected chi connectivity index (χ3v) is 4.66. The minimum Gasteiger partial charge on any atom is -0.304 e. The summed E-state index contributed by atoms with van der Waals surface area (Å²) in [5.41, 5.74) is 1.83. The highest BCUT2D eigenvalue weighted by Crippen LogP contribution is 2.25. The molecule has 0 bridgehead atoms. The molecule has 1 aliphatic heterocycles. The Kier molecular flexibility index (Phi) is 3.99. The zero-order chi connectivity index (χ0) is 14.9. The minimum absolute atomic E-state index is 0.0423. The largest absolute Gasteiger partial charge is 0.304 e. The molecule has 0 aliphatic carbocycles. The highest BCUT2D eigenvalue weighted by atomic mass is 32.2. The minimum atomic E-state index is -3.19. The fourth-order valence-corrected chi connectivity index (χ4v) is 3.45. The van der Waals surface area contributed by atoms with Crippen molar-refractivity contribution in [1.82, 2.24) is 0 Å². The van der Waals surface area contributed by atoms with E-state index in [9.17, 15) is 13.2 Å². The van der Waals surface area contributed by atoms with Gasteiger partial charge in [0.1, 0.15) is 0 Å². The van der Waals surface area contributed by atoms with E-state index in [1.165, 1.54) is 5.41 Å². The van der Waals surface area contributed by atoms with Crippen LogP contribution in [0.3, 0.4) is 0 Å². The van der Waals surface area contributed by atoms with Crippen LogP contribution in [0.15, 0.2) is 35.7 Å². The van der Waals surface area contributed by atoms with Crippen LogP contribution in [-0.4, -0.2) is 26.1 Å². The zero-order valence-corrected chi connectivity index (χ0v) is 12.7. The number of hydrogen-bond donors (Lipinski definition) is 0. The summed E-state index contributed by atoms with van der Waals surface area (Å²) in [6.07, 6.45) is 1.59. The molecule has 1 aliphatic rings. The van der Waals surface area contributed by atoms with Crippen LogP contribution in [0.4, 0.5) is 5.69 Å². The summed E-state index contributed by atoms with van der Waals surface area (Å²) in [7, 11) is -3.19. The van der Waals surface area contributed by atoms with Gasteiger partial charge >= 0.3 is 0 Å². The molecule has 4 nitrogen and oxygen atoms in total. The number of aryl methyl sites for hydroxylation is 1. The second-order valence-corrected chi connectivity index (χ2v) is 7.36. The number of rotatable bonds is 3. The number of benzene rings is 1. The molecule has 1 atom stereocenters. The van der Waals surface area contributed by atoms with Gasteiger partial charge in [-0.2, -0.15) is 0 Å². The molecule has 108 valence electrons. The molecule has 0 fully saturated rings. The van der Waals surface area contributed by atoms with E-state index < -0.39 is 15.9 Å². The van der Waals surface area contributed by atoms with Crippen molar-refractivity contribution in [2.75, 3.05) is 10.7 Å². The fraction of sp³-hybridized carbons (Fsp3) is 0.400. The number of nitrogens with zero attached hydrogens (tertiary/aromatic N) is 1. The summed E-state index contributed by atoms with van der Waals surface area (Å²) in [5, 5.41) is 1.20. The van der Waals surface area contributed by atoms with Crippen molar-refractivity contribution in [2.45, 2.75) is 26.8 Å². The van der Waals surface area contributed by atoms with Crippen LogP contribution >= 0.6 is 0 Å². The molecule has 0 saturated carbocycles. The second kappa shape index (κ2) is 5.40. The molecular formula is C15H19NO3S. The van der Waals surface area contributed by atoms with Crippen molar-refractivity contribution in [3.05, 3.63) is 41.3 Å². The summed E-state index contributed by atoms with van der Waals surface area (Å²) < 4.78 is 23.2. The van der Waals surface area contributed by atoms with Crippen molar-refractivity contribution >= 4 is 21.4 Å². The monoisotopic (exact) mass is 293 g/mol. The van der Waals surface area contributed by atoms with Gasteiger partial charge in [0.2, 0.25) is 5.91 Å². The topological polar surface area (TPSA) is 54.5 Å².